The second kappa shape index (κ2) is 7.13. The number of carbonyl (C=O) groups excluding carboxylic acids is 1. The summed E-state index contributed by atoms with van der Waals surface area (Å²) >= 11 is 0. The number of pyridine rings is 1. The van der Waals surface area contributed by atoms with Gasteiger partial charge >= 0.3 is 5.63 Å². The largest absolute Gasteiger partial charge is 0.464 e. The number of rotatable bonds is 3. The Balaban J connectivity index is 1.83. The zero-order chi connectivity index (χ0) is 21.6. The highest BCUT2D eigenvalue weighted by Gasteiger charge is 2.24. The first-order valence-electron chi connectivity index (χ1n) is 9.84. The average Bonchev–Trinajstić information content (AvgIpc) is 3.12. The first-order chi connectivity index (χ1) is 14.2. The van der Waals surface area contributed by atoms with E-state index < -0.39 is 5.63 Å². The van der Waals surface area contributed by atoms with Gasteiger partial charge in [-0.3, -0.25) is 9.78 Å². The van der Waals surface area contributed by atoms with Crippen molar-refractivity contribution >= 4 is 33.5 Å². The first-order valence-corrected chi connectivity index (χ1v) is 9.84. The van der Waals surface area contributed by atoms with Crippen LogP contribution >= 0.6 is 0 Å². The highest BCUT2D eigenvalue weighted by molar-refractivity contribution is 6.01. The van der Waals surface area contributed by atoms with Gasteiger partial charge in [-0.2, -0.15) is 0 Å². The summed E-state index contributed by atoms with van der Waals surface area (Å²) in [7, 11) is 0. The van der Waals surface area contributed by atoms with E-state index in [0.717, 1.165) is 33.0 Å². The summed E-state index contributed by atoms with van der Waals surface area (Å²) in [5.41, 5.74) is 4.16. The molecule has 30 heavy (non-hydrogen) atoms. The standard InChI is InChI=1S/C24H24N2O4/c1-13-16-9-18-19(24(3,4)5)12-29-21(18)14(2)22(16)30-23(28)17(13)10-20(27)26-15-7-6-8-25-11-15/h6-9,11-12H,10H2,1-5H3,(H,26,27). The van der Waals surface area contributed by atoms with Gasteiger partial charge in [0.2, 0.25) is 5.91 Å². The van der Waals surface area contributed by atoms with Crippen LogP contribution in [0.3, 0.4) is 0 Å². The molecular weight excluding hydrogens is 380 g/mol. The molecule has 0 aliphatic rings. The van der Waals surface area contributed by atoms with E-state index in [1.165, 1.54) is 0 Å². The predicted molar refractivity (Wildman–Crippen MR) is 117 cm³/mol. The van der Waals surface area contributed by atoms with E-state index in [0.29, 0.717) is 16.8 Å². The van der Waals surface area contributed by atoms with E-state index in [9.17, 15) is 9.59 Å². The van der Waals surface area contributed by atoms with Crippen LogP contribution in [0, 0.1) is 13.8 Å². The number of hydrogen-bond acceptors (Lipinski definition) is 5. The van der Waals surface area contributed by atoms with Crippen molar-refractivity contribution < 1.29 is 13.6 Å². The fourth-order valence-corrected chi connectivity index (χ4v) is 3.78. The van der Waals surface area contributed by atoms with Crippen molar-refractivity contribution in [2.45, 2.75) is 46.5 Å². The van der Waals surface area contributed by atoms with Gasteiger partial charge in [-0.15, -0.1) is 0 Å². The third-order valence-corrected chi connectivity index (χ3v) is 5.43. The van der Waals surface area contributed by atoms with E-state index in [1.54, 1.807) is 30.8 Å². The lowest BCUT2D eigenvalue weighted by atomic mass is 9.86. The third kappa shape index (κ3) is 3.38. The Morgan fingerprint density at radius 1 is 1.13 bits per heavy atom. The molecule has 0 bridgehead atoms. The highest BCUT2D eigenvalue weighted by Crippen LogP contribution is 2.37. The zero-order valence-corrected chi connectivity index (χ0v) is 17.8. The molecule has 154 valence electrons. The fourth-order valence-electron chi connectivity index (χ4n) is 3.78. The molecule has 0 fully saturated rings. The van der Waals surface area contributed by atoms with Crippen LogP contribution in [0.15, 0.2) is 50.5 Å². The van der Waals surface area contributed by atoms with E-state index >= 15 is 0 Å². The summed E-state index contributed by atoms with van der Waals surface area (Å²) in [5, 5.41) is 4.57. The molecule has 4 rings (SSSR count). The minimum Gasteiger partial charge on any atom is -0.464 e. The van der Waals surface area contributed by atoms with Gasteiger partial charge in [-0.05, 0) is 43.0 Å². The van der Waals surface area contributed by atoms with Gasteiger partial charge in [0.15, 0.2) is 0 Å². The molecule has 0 unspecified atom stereocenters. The molecule has 0 atom stereocenters. The second-order valence-electron chi connectivity index (χ2n) is 8.61. The van der Waals surface area contributed by atoms with E-state index in [4.69, 9.17) is 8.83 Å². The minimum atomic E-state index is -0.508. The van der Waals surface area contributed by atoms with E-state index in [2.05, 4.69) is 31.1 Å². The van der Waals surface area contributed by atoms with Crippen LogP contribution in [0.4, 0.5) is 5.69 Å². The number of fused-ring (bicyclic) bond motifs is 2. The number of amides is 1. The van der Waals surface area contributed by atoms with Crippen molar-refractivity contribution in [3.63, 3.8) is 0 Å². The topological polar surface area (TPSA) is 85.3 Å². The normalized spacial score (nSPS) is 11.9. The van der Waals surface area contributed by atoms with E-state index in [1.807, 2.05) is 19.9 Å². The maximum absolute atomic E-state index is 12.7. The lowest BCUT2D eigenvalue weighted by Crippen LogP contribution is -2.20. The molecule has 0 saturated carbocycles. The molecule has 1 aromatic carbocycles. The molecule has 1 amide bonds. The zero-order valence-electron chi connectivity index (χ0n) is 17.8. The lowest BCUT2D eigenvalue weighted by Gasteiger charge is -2.17. The Morgan fingerprint density at radius 2 is 1.90 bits per heavy atom. The number of carbonyl (C=O) groups is 1. The molecule has 0 saturated heterocycles. The summed E-state index contributed by atoms with van der Waals surface area (Å²) in [6, 6.07) is 5.48. The summed E-state index contributed by atoms with van der Waals surface area (Å²) < 4.78 is 11.5. The van der Waals surface area contributed by atoms with Gasteiger partial charge in [0.1, 0.15) is 11.2 Å². The van der Waals surface area contributed by atoms with Gasteiger partial charge in [0.05, 0.1) is 30.1 Å². The molecule has 3 heterocycles. The van der Waals surface area contributed by atoms with Crippen LogP contribution in [0.25, 0.3) is 21.9 Å². The van der Waals surface area contributed by atoms with Gasteiger partial charge in [-0.25, -0.2) is 4.79 Å². The van der Waals surface area contributed by atoms with Crippen LogP contribution in [0.5, 0.6) is 0 Å². The smallest absolute Gasteiger partial charge is 0.340 e. The molecular formula is C24H24N2O4. The van der Waals surface area contributed by atoms with Crippen LogP contribution in [0.2, 0.25) is 0 Å². The fraction of sp³-hybridized carbons (Fsp3) is 0.292. The number of aryl methyl sites for hydroxylation is 2. The predicted octanol–water partition coefficient (Wildman–Crippen LogP) is 5.03. The maximum Gasteiger partial charge on any atom is 0.340 e. The van der Waals surface area contributed by atoms with Crippen LogP contribution < -0.4 is 10.9 Å². The monoisotopic (exact) mass is 404 g/mol. The Hall–Kier alpha value is -3.41. The number of furan rings is 1. The van der Waals surface area contributed by atoms with Crippen molar-refractivity contribution in [1.82, 2.24) is 4.98 Å². The average molecular weight is 404 g/mol. The first kappa shape index (κ1) is 19.9. The maximum atomic E-state index is 12.7. The molecule has 6 heteroatoms. The molecule has 0 aliphatic carbocycles. The molecule has 0 aliphatic heterocycles. The summed E-state index contributed by atoms with van der Waals surface area (Å²) in [6.45, 7) is 10.1. The molecule has 0 radical (unpaired) electrons. The van der Waals surface area contributed by atoms with Crippen LogP contribution in [0.1, 0.15) is 43.0 Å². The lowest BCUT2D eigenvalue weighted by molar-refractivity contribution is -0.115. The molecule has 4 aromatic rings. The molecule has 1 N–H and O–H groups in total. The number of nitrogens with one attached hydrogen (secondary N) is 1. The summed E-state index contributed by atoms with van der Waals surface area (Å²) in [5.74, 6) is -0.297. The van der Waals surface area contributed by atoms with Crippen LogP contribution in [-0.2, 0) is 16.6 Å². The highest BCUT2D eigenvalue weighted by atomic mass is 16.4. The number of benzene rings is 1. The Morgan fingerprint density at radius 3 is 2.57 bits per heavy atom. The van der Waals surface area contributed by atoms with Crippen molar-refractivity contribution in [2.24, 2.45) is 0 Å². The van der Waals surface area contributed by atoms with Gasteiger partial charge < -0.3 is 14.2 Å². The quantitative estimate of drug-likeness (QED) is 0.484. The summed E-state index contributed by atoms with van der Waals surface area (Å²) in [6.07, 6.45) is 4.88. The Labute approximate surface area is 173 Å². The van der Waals surface area contributed by atoms with Gasteiger partial charge in [0.25, 0.3) is 0 Å². The Kier molecular flexibility index (Phi) is 4.73. The van der Waals surface area contributed by atoms with Crippen molar-refractivity contribution in [3.05, 3.63) is 69.5 Å². The third-order valence-electron chi connectivity index (χ3n) is 5.43. The SMILES string of the molecule is Cc1c(CC(=O)Nc2cccnc2)c(=O)oc2c(C)c3occ(C(C)(C)C)c3cc12. The van der Waals surface area contributed by atoms with Crippen molar-refractivity contribution in [2.75, 3.05) is 5.32 Å². The number of nitrogens with zero attached hydrogens (tertiary/aromatic N) is 1. The number of anilines is 1. The number of hydrogen-bond donors (Lipinski definition) is 1. The minimum absolute atomic E-state index is 0.0758. The molecule has 6 nitrogen and oxygen atoms in total. The molecule has 0 spiro atoms. The summed E-state index contributed by atoms with van der Waals surface area (Å²) in [4.78, 5) is 29.2. The van der Waals surface area contributed by atoms with Gasteiger partial charge in [0, 0.05) is 28.1 Å². The second-order valence-corrected chi connectivity index (χ2v) is 8.61. The van der Waals surface area contributed by atoms with Gasteiger partial charge in [-0.1, -0.05) is 20.8 Å². The van der Waals surface area contributed by atoms with E-state index in [-0.39, 0.29) is 17.7 Å². The van der Waals surface area contributed by atoms with Crippen molar-refractivity contribution in [3.8, 4) is 0 Å². The Bertz CT molecular complexity index is 1330. The molecule has 3 aromatic heterocycles. The van der Waals surface area contributed by atoms with Crippen molar-refractivity contribution in [1.29, 1.82) is 0 Å². The van der Waals surface area contributed by atoms with Crippen LogP contribution in [-0.4, -0.2) is 10.9 Å². The number of aromatic nitrogens is 1.